The smallest absolute Gasteiger partial charge is 0.0937 e. The van der Waals surface area contributed by atoms with Gasteiger partial charge in [0.15, 0.2) is 0 Å². The van der Waals surface area contributed by atoms with E-state index in [1.807, 2.05) is 29.9 Å². The largest absolute Gasteiger partial charge is 0.353 e. The predicted octanol–water partition coefficient (Wildman–Crippen LogP) is 24.3. The van der Waals surface area contributed by atoms with Crippen LogP contribution >= 0.6 is 11.3 Å². The Morgan fingerprint density at radius 2 is 0.787 bits per heavy atom. The van der Waals surface area contributed by atoms with Crippen molar-refractivity contribution in [3.05, 3.63) is 242 Å². The molecular formula is C97H112N10S. The Morgan fingerprint density at radius 3 is 1.27 bits per heavy atom. The fourth-order valence-corrected chi connectivity index (χ4v) is 27.5. The monoisotopic (exact) mass is 1450 g/mol. The zero-order valence-electron chi connectivity index (χ0n) is 67.1. The molecule has 5 aromatic carbocycles. The molecule has 3 spiro atoms. The van der Waals surface area contributed by atoms with E-state index in [2.05, 4.69) is 296 Å². The third kappa shape index (κ3) is 9.20. The van der Waals surface area contributed by atoms with Gasteiger partial charge in [0.25, 0.3) is 0 Å². The number of benzene rings is 5. The first-order valence-corrected chi connectivity index (χ1v) is 42.1. The lowest BCUT2D eigenvalue weighted by Crippen LogP contribution is -2.62. The predicted molar refractivity (Wildman–Crippen MR) is 450 cm³/mol. The molecule has 10 nitrogen and oxygen atoms in total. The zero-order chi connectivity index (χ0) is 74.6. The standard InChI is InChI=1S/C27H31N3.C25H29NS.C23H27N3.C22H25N3/c1-16-7-4-5-8-22(16)30-17(2)24-25-23(9-6-10-28-25)29(3)26(24)27(30)20-12-18-11-19(14-20)15-21(27)13-18;1-15-11-10-13-18-21(15)26-16(2)20-17-12-8-9-14-19(17)27-22(20)25(26,7)24(5,6)23(18,3)4;1-16-10-5-6-11-18(16)26-17(2)20-21-19(12-9-15-24-21)25(3)22(20)23(26)13-7-4-8-14-23;1-15-9-4-5-10-17(15)25-16(2)19-20-18(11-8-14-23-20)24(3)21(19)22(25)12-6-7-13-22/h4-10,17-21H,11-15H2,1-3H3;8-14,16H,1-7H3;5-6,9-12,15,17H,4,7-8,13-14H2,1-3H3;4-5,8-11,14,16H,6-7,12-13H2,1-3H3. The van der Waals surface area contributed by atoms with Crippen LogP contribution in [0.1, 0.15) is 248 Å². The molecule has 5 aliphatic heterocycles. The van der Waals surface area contributed by atoms with Gasteiger partial charge in [0.05, 0.1) is 96.5 Å². The molecule has 0 amide bonds. The van der Waals surface area contributed by atoms with Gasteiger partial charge in [-0.2, -0.15) is 0 Å². The fraction of sp³-hybridized carbons (Fsp3) is 0.454. The number of aromatic nitrogens is 6. The molecule has 7 aromatic heterocycles. The molecule has 6 aliphatic carbocycles. The SMILES string of the molecule is Cc1cccc2c1N1C(C)c3c(sc4ccccc34)C1(C)C(C)(C)C2(C)C.Cc1ccccc1N1C(C)c2c(n(C)c3cccnc23)C12C1CC3CC(C1)CC2C3.Cc1ccccc1N1C(C)c2c(n(C)c3cccnc23)C12CCCC2.Cc1ccccc1N1C(C)c2c(n(C)c3cccnc23)C12CCCCC2. The highest BCUT2D eigenvalue weighted by molar-refractivity contribution is 7.19. The summed E-state index contributed by atoms with van der Waals surface area (Å²) < 4.78 is 8.84. The van der Waals surface area contributed by atoms with Crippen LogP contribution in [0, 0.1) is 56.8 Å². The molecule has 11 aliphatic rings. The second kappa shape index (κ2) is 24.9. The van der Waals surface area contributed by atoms with Crippen LogP contribution in [0.4, 0.5) is 22.7 Å². The van der Waals surface area contributed by atoms with E-state index in [-0.39, 0.29) is 33.0 Å². The molecule has 11 heteroatoms. The number of para-hydroxylation sites is 4. The number of nitrogens with zero attached hydrogens (tertiary/aromatic N) is 10. The lowest BCUT2D eigenvalue weighted by molar-refractivity contribution is -0.0629. The Labute approximate surface area is 645 Å². The van der Waals surface area contributed by atoms with Crippen LogP contribution in [0.15, 0.2) is 170 Å². The average molecular weight is 1450 g/mol. The summed E-state index contributed by atoms with van der Waals surface area (Å²) in [5, 5.41) is 1.45. The molecule has 0 saturated heterocycles. The topological polar surface area (TPSA) is 66.4 Å². The van der Waals surface area contributed by atoms with Crippen molar-refractivity contribution in [3.63, 3.8) is 0 Å². The van der Waals surface area contributed by atoms with Crippen molar-refractivity contribution >= 4 is 77.3 Å². The molecule has 23 rings (SSSR count). The maximum absolute atomic E-state index is 4.92. The maximum Gasteiger partial charge on any atom is 0.0937 e. The number of pyridine rings is 3. The van der Waals surface area contributed by atoms with E-state index >= 15 is 0 Å². The van der Waals surface area contributed by atoms with Gasteiger partial charge in [-0.25, -0.2) is 0 Å². The van der Waals surface area contributed by atoms with Crippen molar-refractivity contribution in [2.75, 3.05) is 19.6 Å². The van der Waals surface area contributed by atoms with E-state index in [1.54, 1.807) is 16.1 Å². The van der Waals surface area contributed by atoms with E-state index in [4.69, 9.17) is 15.0 Å². The average Bonchev–Trinajstić information content (AvgIpc) is 1.57. The number of aryl methyl sites for hydroxylation is 7. The minimum Gasteiger partial charge on any atom is -0.353 e. The lowest BCUT2D eigenvalue weighted by atomic mass is 9.47. The van der Waals surface area contributed by atoms with Gasteiger partial charge in [-0.15, -0.1) is 11.3 Å². The van der Waals surface area contributed by atoms with Crippen molar-refractivity contribution in [2.45, 2.75) is 232 Å². The summed E-state index contributed by atoms with van der Waals surface area (Å²) >= 11 is 2.02. The number of hydrogen-bond acceptors (Lipinski definition) is 8. The first-order chi connectivity index (χ1) is 52.0. The van der Waals surface area contributed by atoms with Gasteiger partial charge in [0, 0.05) is 94.2 Å². The molecule has 12 heterocycles. The van der Waals surface area contributed by atoms with Crippen molar-refractivity contribution in [2.24, 2.45) is 50.2 Å². The number of rotatable bonds is 3. The second-order valence-electron chi connectivity index (χ2n) is 36.2. The van der Waals surface area contributed by atoms with Crippen LogP contribution in [0.25, 0.3) is 43.2 Å². The van der Waals surface area contributed by atoms with Crippen molar-refractivity contribution in [1.29, 1.82) is 0 Å². The Kier molecular flexibility index (Phi) is 16.1. The minimum atomic E-state index is -0.0198. The molecule has 4 bridgehead atoms. The zero-order valence-corrected chi connectivity index (χ0v) is 67.9. The molecule has 0 N–H and O–H groups in total. The molecule has 5 unspecified atom stereocenters. The van der Waals surface area contributed by atoms with Gasteiger partial charge in [-0.1, -0.05) is 151 Å². The number of fused-ring (bicyclic) bond motifs is 18. The molecule has 6 fully saturated rings. The molecule has 6 saturated carbocycles. The summed E-state index contributed by atoms with van der Waals surface area (Å²) in [5.74, 6) is 3.45. The lowest BCUT2D eigenvalue weighted by Gasteiger charge is -2.64. The fourth-order valence-electron chi connectivity index (χ4n) is 25.9. The van der Waals surface area contributed by atoms with Gasteiger partial charge in [0.2, 0.25) is 0 Å². The van der Waals surface area contributed by atoms with Gasteiger partial charge in [0.1, 0.15) is 0 Å². The number of anilines is 4. The molecule has 108 heavy (non-hydrogen) atoms. The van der Waals surface area contributed by atoms with Crippen LogP contribution < -0.4 is 19.6 Å². The summed E-state index contributed by atoms with van der Waals surface area (Å²) in [4.78, 5) is 27.2. The highest BCUT2D eigenvalue weighted by Crippen LogP contribution is 2.72. The van der Waals surface area contributed by atoms with E-state index in [1.165, 1.54) is 212 Å². The highest BCUT2D eigenvalue weighted by Gasteiger charge is 2.68. The Morgan fingerprint density at radius 1 is 0.389 bits per heavy atom. The summed E-state index contributed by atoms with van der Waals surface area (Å²) in [6.07, 6.45) is 24.6. The third-order valence-electron chi connectivity index (χ3n) is 30.9. The molecule has 12 aromatic rings. The minimum absolute atomic E-state index is 0.0198. The molecule has 5 atom stereocenters. The first-order valence-electron chi connectivity index (χ1n) is 41.3. The molecule has 556 valence electrons. The van der Waals surface area contributed by atoms with Crippen LogP contribution in [-0.4, -0.2) is 28.7 Å². The van der Waals surface area contributed by atoms with E-state index in [9.17, 15) is 0 Å². The maximum atomic E-state index is 4.92. The van der Waals surface area contributed by atoms with Crippen LogP contribution in [0.3, 0.4) is 0 Å². The molecule has 0 radical (unpaired) electrons. The van der Waals surface area contributed by atoms with Crippen molar-refractivity contribution in [3.8, 4) is 0 Å². The highest BCUT2D eigenvalue weighted by atomic mass is 32.1. The number of thiophene rings is 1. The van der Waals surface area contributed by atoms with Crippen molar-refractivity contribution < 1.29 is 0 Å². The Hall–Kier alpha value is -8.67. The van der Waals surface area contributed by atoms with Crippen molar-refractivity contribution in [1.82, 2.24) is 28.7 Å². The Bertz CT molecular complexity index is 5540. The normalized spacial score (nSPS) is 27.0. The van der Waals surface area contributed by atoms with E-state index < -0.39 is 0 Å². The van der Waals surface area contributed by atoms with Gasteiger partial charge in [-0.05, 0) is 249 Å². The quantitative estimate of drug-likeness (QED) is 0.175. The number of hydrogen-bond donors (Lipinski definition) is 0. The third-order valence-corrected chi connectivity index (χ3v) is 32.3. The first kappa shape index (κ1) is 69.8. The Balaban J connectivity index is 0.0000000982. The van der Waals surface area contributed by atoms with Gasteiger partial charge < -0.3 is 33.3 Å². The summed E-state index contributed by atoms with van der Waals surface area (Å²) in [6.45, 7) is 31.0. The van der Waals surface area contributed by atoms with Gasteiger partial charge >= 0.3 is 0 Å². The summed E-state index contributed by atoms with van der Waals surface area (Å²) in [6, 6.07) is 57.1. The van der Waals surface area contributed by atoms with Crippen LogP contribution in [0.5, 0.6) is 0 Å². The van der Waals surface area contributed by atoms with E-state index in [0.29, 0.717) is 24.2 Å². The van der Waals surface area contributed by atoms with E-state index in [0.717, 1.165) is 23.7 Å². The van der Waals surface area contributed by atoms with Crippen LogP contribution in [-0.2, 0) is 48.7 Å². The summed E-state index contributed by atoms with van der Waals surface area (Å²) in [5.41, 5.74) is 31.3. The summed E-state index contributed by atoms with van der Waals surface area (Å²) in [7, 11) is 6.79. The van der Waals surface area contributed by atoms with Gasteiger partial charge in [-0.3, -0.25) is 15.0 Å². The second-order valence-corrected chi connectivity index (χ2v) is 37.3. The molecular weight excluding hydrogens is 1340 g/mol. The van der Waals surface area contributed by atoms with Crippen LogP contribution in [0.2, 0.25) is 0 Å².